The SMILES string of the molecule is Cc1cc(C)cc(-c2c3ccccc3c(-c3ccc(-c4ccc(-c5ccc6c(c5)c5ccccc5n6-c5ccccc5)cc4)cc3)c3ccccc23)c1.Cc1cc(C)cc(-c2ccc(-c3c4ccccc4c(-c4ccc(-c5ccc(-c6ccc7c(c6)c6ccccc6n7-c6ccccc6)cc5)cc4)c4ccccc34)cc2)c1. The molecule has 0 saturated heterocycles. The van der Waals surface area contributed by atoms with E-state index in [0.717, 1.165) is 0 Å². The summed E-state index contributed by atoms with van der Waals surface area (Å²) in [5.41, 5.74) is 34.7. The van der Waals surface area contributed by atoms with Crippen LogP contribution in [0.5, 0.6) is 0 Å². The summed E-state index contributed by atoms with van der Waals surface area (Å²) in [6.45, 7) is 8.72. The molecule has 2 heteroatoms. The number of aromatic nitrogens is 2. The highest BCUT2D eigenvalue weighted by Crippen LogP contribution is 2.48. The number of rotatable bonds is 11. The molecular formula is C110H78N2. The molecule has 21 rings (SSSR count). The predicted octanol–water partition coefficient (Wildman–Crippen LogP) is 30.4. The average Bonchev–Trinajstić information content (AvgIpc) is 1.10. The number of nitrogens with zero attached hydrogens (tertiary/aromatic N) is 2. The molecule has 2 aromatic heterocycles. The Morgan fingerprint density at radius 3 is 0.634 bits per heavy atom. The Morgan fingerprint density at radius 2 is 0.339 bits per heavy atom. The van der Waals surface area contributed by atoms with Crippen molar-refractivity contribution in [1.82, 2.24) is 9.13 Å². The van der Waals surface area contributed by atoms with Crippen molar-refractivity contribution < 1.29 is 0 Å². The van der Waals surface area contributed by atoms with Crippen LogP contribution >= 0.6 is 0 Å². The predicted molar refractivity (Wildman–Crippen MR) is 479 cm³/mol. The summed E-state index contributed by atoms with van der Waals surface area (Å²) in [7, 11) is 0. The molecule has 0 radical (unpaired) electrons. The fraction of sp³-hybridized carbons (Fsp3) is 0.0364. The molecule has 0 atom stereocenters. The third-order valence-electron chi connectivity index (χ3n) is 22.9. The van der Waals surface area contributed by atoms with Gasteiger partial charge in [0.15, 0.2) is 0 Å². The van der Waals surface area contributed by atoms with Crippen LogP contribution in [0.3, 0.4) is 0 Å². The summed E-state index contributed by atoms with van der Waals surface area (Å²) >= 11 is 0. The summed E-state index contributed by atoms with van der Waals surface area (Å²) in [4.78, 5) is 0. The Hall–Kier alpha value is -14.2. The summed E-state index contributed by atoms with van der Waals surface area (Å²) in [5, 5.41) is 15.3. The van der Waals surface area contributed by atoms with Crippen molar-refractivity contribution in [2.24, 2.45) is 0 Å². The van der Waals surface area contributed by atoms with Gasteiger partial charge in [0, 0.05) is 32.9 Å². The summed E-state index contributed by atoms with van der Waals surface area (Å²) in [5.74, 6) is 0. The van der Waals surface area contributed by atoms with Gasteiger partial charge in [0.1, 0.15) is 0 Å². The third-order valence-corrected chi connectivity index (χ3v) is 22.9. The maximum Gasteiger partial charge on any atom is 0.0541 e. The second-order valence-electron chi connectivity index (χ2n) is 30.2. The van der Waals surface area contributed by atoms with Crippen LogP contribution < -0.4 is 0 Å². The summed E-state index contributed by atoms with van der Waals surface area (Å²) in [6, 6.07) is 147. The number of hydrogen-bond acceptors (Lipinski definition) is 0. The molecule has 21 aromatic rings. The minimum atomic E-state index is 1.18. The lowest BCUT2D eigenvalue weighted by Crippen LogP contribution is -1.92. The first-order chi connectivity index (χ1) is 55.2. The minimum Gasteiger partial charge on any atom is -0.309 e. The molecule has 528 valence electrons. The van der Waals surface area contributed by atoms with E-state index < -0.39 is 0 Å². The van der Waals surface area contributed by atoms with Gasteiger partial charge >= 0.3 is 0 Å². The number of para-hydroxylation sites is 4. The Balaban J connectivity index is 0.000000147. The lowest BCUT2D eigenvalue weighted by Gasteiger charge is -2.18. The summed E-state index contributed by atoms with van der Waals surface area (Å²) < 4.78 is 4.74. The maximum absolute atomic E-state index is 2.37. The van der Waals surface area contributed by atoms with E-state index in [1.807, 2.05) is 0 Å². The van der Waals surface area contributed by atoms with E-state index in [1.165, 1.54) is 220 Å². The standard InChI is InChI=1S/C58H41N.C52H37N/c1-38-34-39(2)36-47(35-38)43-26-30-45(31-27-43)58-52-17-8-6-15-50(52)57(51-16-7-9-18-53(51)58)44-28-24-41(25-29-44)40-20-22-42(23-21-40)46-32-33-56-54(37-46)49-14-10-11-19-55(49)59(56)48-12-4-3-5-13-48;1-34-30-35(2)32-41(31-34)52-46-17-8-6-15-44(46)51(45-16-7-9-18-47(45)52)39-26-24-37(25-27-39)36-20-22-38(23-21-36)40-28-29-50-48(33-40)43-14-10-11-19-49(43)53(50)42-12-4-3-5-13-42/h3-37H,1-2H3;3-33H,1-2H3. The van der Waals surface area contributed by atoms with Crippen LogP contribution in [0.2, 0.25) is 0 Å². The second-order valence-corrected chi connectivity index (χ2v) is 30.2. The smallest absolute Gasteiger partial charge is 0.0541 e. The zero-order valence-electron chi connectivity index (χ0n) is 63.0. The molecule has 0 unspecified atom stereocenters. The molecule has 112 heavy (non-hydrogen) atoms. The van der Waals surface area contributed by atoms with Crippen molar-refractivity contribution in [3.63, 3.8) is 0 Å². The van der Waals surface area contributed by atoms with Crippen molar-refractivity contribution in [2.45, 2.75) is 27.7 Å². The quantitative estimate of drug-likeness (QED) is 0.114. The highest BCUT2D eigenvalue weighted by Gasteiger charge is 2.22. The number of hydrogen-bond donors (Lipinski definition) is 0. The van der Waals surface area contributed by atoms with Crippen LogP contribution in [0.4, 0.5) is 0 Å². The molecule has 0 aliphatic rings. The van der Waals surface area contributed by atoms with Gasteiger partial charge in [-0.2, -0.15) is 0 Å². The molecule has 0 saturated carbocycles. The van der Waals surface area contributed by atoms with E-state index in [0.29, 0.717) is 0 Å². The fourth-order valence-corrected chi connectivity index (χ4v) is 18.0. The van der Waals surface area contributed by atoms with Gasteiger partial charge in [-0.1, -0.05) is 362 Å². The average molecular weight is 1430 g/mol. The lowest BCUT2D eigenvalue weighted by atomic mass is 9.85. The van der Waals surface area contributed by atoms with Crippen LogP contribution in [0.1, 0.15) is 22.3 Å². The molecule has 0 aliphatic heterocycles. The number of benzene rings is 19. The van der Waals surface area contributed by atoms with Gasteiger partial charge in [-0.25, -0.2) is 0 Å². The van der Waals surface area contributed by atoms with Crippen molar-refractivity contribution in [3.8, 4) is 112 Å². The first-order valence-corrected chi connectivity index (χ1v) is 38.9. The van der Waals surface area contributed by atoms with Crippen LogP contribution in [0.15, 0.2) is 400 Å². The van der Waals surface area contributed by atoms with Crippen LogP contribution in [-0.4, -0.2) is 9.13 Å². The zero-order chi connectivity index (χ0) is 74.9. The maximum atomic E-state index is 2.37. The van der Waals surface area contributed by atoms with E-state index in [-0.39, 0.29) is 0 Å². The van der Waals surface area contributed by atoms with Crippen LogP contribution in [-0.2, 0) is 0 Å². The topological polar surface area (TPSA) is 9.86 Å². The van der Waals surface area contributed by atoms with Crippen LogP contribution in [0.25, 0.3) is 198 Å². The molecule has 0 N–H and O–H groups in total. The van der Waals surface area contributed by atoms with Crippen molar-refractivity contribution in [2.75, 3.05) is 0 Å². The fourth-order valence-electron chi connectivity index (χ4n) is 18.0. The van der Waals surface area contributed by atoms with Gasteiger partial charge in [0.05, 0.1) is 22.1 Å². The van der Waals surface area contributed by atoms with Crippen LogP contribution in [0, 0.1) is 27.7 Å². The molecule has 19 aromatic carbocycles. The Labute approximate surface area is 653 Å². The van der Waals surface area contributed by atoms with E-state index in [9.17, 15) is 0 Å². The van der Waals surface area contributed by atoms with E-state index in [1.54, 1.807) is 0 Å². The minimum absolute atomic E-state index is 1.18. The normalized spacial score (nSPS) is 11.6. The van der Waals surface area contributed by atoms with E-state index in [4.69, 9.17) is 0 Å². The van der Waals surface area contributed by atoms with Gasteiger partial charge < -0.3 is 9.13 Å². The Morgan fingerprint density at radius 1 is 0.134 bits per heavy atom. The highest BCUT2D eigenvalue weighted by atomic mass is 15.0. The van der Waals surface area contributed by atoms with Gasteiger partial charge in [0.2, 0.25) is 0 Å². The largest absolute Gasteiger partial charge is 0.309 e. The first-order valence-electron chi connectivity index (χ1n) is 38.9. The number of fused-ring (bicyclic) bond motifs is 10. The highest BCUT2D eigenvalue weighted by molar-refractivity contribution is 6.23. The van der Waals surface area contributed by atoms with Crippen molar-refractivity contribution in [3.05, 3.63) is 423 Å². The van der Waals surface area contributed by atoms with Gasteiger partial charge in [-0.05, 0) is 232 Å². The van der Waals surface area contributed by atoms with Gasteiger partial charge in [-0.15, -0.1) is 0 Å². The molecule has 0 aliphatic carbocycles. The van der Waals surface area contributed by atoms with Gasteiger partial charge in [-0.3, -0.25) is 0 Å². The monoisotopic (exact) mass is 1430 g/mol. The molecule has 2 nitrogen and oxygen atoms in total. The molecule has 0 fully saturated rings. The second kappa shape index (κ2) is 28.1. The lowest BCUT2D eigenvalue weighted by molar-refractivity contribution is 1.18. The molecule has 0 bridgehead atoms. The van der Waals surface area contributed by atoms with E-state index >= 15 is 0 Å². The van der Waals surface area contributed by atoms with Crippen molar-refractivity contribution in [1.29, 1.82) is 0 Å². The Kier molecular flexibility index (Phi) is 16.9. The van der Waals surface area contributed by atoms with E-state index in [2.05, 4.69) is 437 Å². The zero-order valence-corrected chi connectivity index (χ0v) is 63.0. The third kappa shape index (κ3) is 12.0. The first kappa shape index (κ1) is 67.2. The Bertz CT molecular complexity index is 7050. The van der Waals surface area contributed by atoms with Gasteiger partial charge in [0.25, 0.3) is 0 Å². The molecule has 2 heterocycles. The molecule has 0 spiro atoms. The molecular weight excluding hydrogens is 1350 g/mol. The molecule has 0 amide bonds. The number of aryl methyl sites for hydroxylation is 4. The summed E-state index contributed by atoms with van der Waals surface area (Å²) in [6.07, 6.45) is 0. The van der Waals surface area contributed by atoms with Crippen molar-refractivity contribution >= 4 is 86.7 Å².